The van der Waals surface area contributed by atoms with Crippen molar-refractivity contribution in [3.8, 4) is 5.75 Å². The van der Waals surface area contributed by atoms with Gasteiger partial charge in [-0.1, -0.05) is 32.9 Å². The lowest BCUT2D eigenvalue weighted by Crippen LogP contribution is -2.40. The molecule has 0 saturated heterocycles. The molecule has 0 fully saturated rings. The molecule has 0 saturated carbocycles. The van der Waals surface area contributed by atoms with Crippen LogP contribution in [0.15, 0.2) is 24.3 Å². The van der Waals surface area contributed by atoms with Crippen molar-refractivity contribution in [3.05, 3.63) is 29.8 Å². The van der Waals surface area contributed by atoms with Gasteiger partial charge >= 0.3 is 0 Å². The first-order valence-corrected chi connectivity index (χ1v) is 5.90. The van der Waals surface area contributed by atoms with Crippen molar-refractivity contribution < 1.29 is 9.84 Å². The van der Waals surface area contributed by atoms with E-state index in [0.29, 0.717) is 0 Å². The van der Waals surface area contributed by atoms with Gasteiger partial charge in [-0.2, -0.15) is 0 Å². The Morgan fingerprint density at radius 3 is 2.41 bits per heavy atom. The summed E-state index contributed by atoms with van der Waals surface area (Å²) in [5, 5.41) is 9.76. The number of hydrogen-bond donors (Lipinski definition) is 2. The van der Waals surface area contributed by atoms with Gasteiger partial charge in [-0.25, -0.2) is 0 Å². The second-order valence-electron chi connectivity index (χ2n) is 5.77. The van der Waals surface area contributed by atoms with Gasteiger partial charge in [0.05, 0.1) is 0 Å². The normalized spacial score (nSPS) is 15.4. The van der Waals surface area contributed by atoms with Crippen molar-refractivity contribution in [2.45, 2.75) is 38.7 Å². The monoisotopic (exact) mass is 237 g/mol. The summed E-state index contributed by atoms with van der Waals surface area (Å²) in [5.41, 5.74) is 5.77. The van der Waals surface area contributed by atoms with Gasteiger partial charge < -0.3 is 15.6 Å². The fourth-order valence-corrected chi connectivity index (χ4v) is 1.35. The van der Waals surface area contributed by atoms with Crippen LogP contribution >= 0.6 is 0 Å². The van der Waals surface area contributed by atoms with E-state index in [-0.39, 0.29) is 18.6 Å². The van der Waals surface area contributed by atoms with E-state index in [1.54, 1.807) is 6.92 Å². The van der Waals surface area contributed by atoms with Crippen molar-refractivity contribution in [3.63, 3.8) is 0 Å². The molecule has 96 valence electrons. The molecule has 0 radical (unpaired) electrons. The molecule has 1 aromatic carbocycles. The van der Waals surface area contributed by atoms with Crippen LogP contribution in [-0.2, 0) is 5.41 Å². The molecule has 3 heteroatoms. The van der Waals surface area contributed by atoms with Crippen molar-refractivity contribution in [2.24, 2.45) is 5.73 Å². The molecule has 0 bridgehead atoms. The summed E-state index contributed by atoms with van der Waals surface area (Å²) in [7, 11) is 0. The summed E-state index contributed by atoms with van der Waals surface area (Å²) >= 11 is 0. The topological polar surface area (TPSA) is 55.5 Å². The number of nitrogens with two attached hydrogens (primary N) is 1. The molecule has 0 amide bonds. The number of hydrogen-bond acceptors (Lipinski definition) is 3. The third-order valence-electron chi connectivity index (χ3n) is 2.69. The van der Waals surface area contributed by atoms with Crippen LogP contribution in [0.5, 0.6) is 5.75 Å². The van der Waals surface area contributed by atoms with Crippen molar-refractivity contribution in [1.29, 1.82) is 0 Å². The van der Waals surface area contributed by atoms with Gasteiger partial charge in [-0.15, -0.1) is 0 Å². The number of aliphatic hydroxyl groups is 1. The molecule has 1 aromatic rings. The minimum absolute atomic E-state index is 0.0930. The second-order valence-corrected chi connectivity index (χ2v) is 5.77. The Morgan fingerprint density at radius 2 is 1.88 bits per heavy atom. The van der Waals surface area contributed by atoms with Gasteiger partial charge in [0, 0.05) is 6.54 Å². The van der Waals surface area contributed by atoms with E-state index in [2.05, 4.69) is 26.8 Å². The fraction of sp³-hybridized carbons (Fsp3) is 0.571. The first kappa shape index (κ1) is 14.0. The molecule has 17 heavy (non-hydrogen) atoms. The predicted octanol–water partition coefficient (Wildman–Crippen LogP) is 2.07. The molecular weight excluding hydrogens is 214 g/mol. The molecule has 0 aliphatic heterocycles. The number of ether oxygens (including phenoxy) is 1. The Balaban J connectivity index is 2.74. The lowest BCUT2D eigenvalue weighted by molar-refractivity contribution is 0.0195. The summed E-state index contributed by atoms with van der Waals surface area (Å²) in [5.74, 6) is 0.770. The molecular formula is C14H23NO2. The minimum atomic E-state index is -0.974. The van der Waals surface area contributed by atoms with Crippen molar-refractivity contribution in [1.82, 2.24) is 0 Å². The SMILES string of the molecule is CC(O)(CN)COc1cccc(C(C)(C)C)c1. The lowest BCUT2D eigenvalue weighted by Gasteiger charge is -2.23. The number of benzene rings is 1. The van der Waals surface area contributed by atoms with E-state index < -0.39 is 5.60 Å². The Labute approximate surface area is 104 Å². The molecule has 1 rings (SSSR count). The van der Waals surface area contributed by atoms with E-state index in [1.807, 2.05) is 18.2 Å². The molecule has 0 aliphatic rings. The van der Waals surface area contributed by atoms with E-state index in [1.165, 1.54) is 5.56 Å². The molecule has 3 N–H and O–H groups in total. The zero-order valence-corrected chi connectivity index (χ0v) is 11.2. The molecule has 0 heterocycles. The third-order valence-corrected chi connectivity index (χ3v) is 2.69. The van der Waals surface area contributed by atoms with Crippen LogP contribution in [0.25, 0.3) is 0 Å². The average molecular weight is 237 g/mol. The van der Waals surface area contributed by atoms with Crippen LogP contribution < -0.4 is 10.5 Å². The van der Waals surface area contributed by atoms with Crippen LogP contribution in [0, 0.1) is 0 Å². The highest BCUT2D eigenvalue weighted by Gasteiger charge is 2.19. The molecule has 1 atom stereocenters. The maximum atomic E-state index is 9.76. The van der Waals surface area contributed by atoms with E-state index in [4.69, 9.17) is 10.5 Å². The van der Waals surface area contributed by atoms with Crippen LogP contribution in [0.2, 0.25) is 0 Å². The first-order chi connectivity index (χ1) is 7.74. The maximum absolute atomic E-state index is 9.76. The minimum Gasteiger partial charge on any atom is -0.491 e. The van der Waals surface area contributed by atoms with Crippen LogP contribution in [0.1, 0.15) is 33.3 Å². The van der Waals surface area contributed by atoms with E-state index in [0.717, 1.165) is 5.75 Å². The summed E-state index contributed by atoms with van der Waals surface area (Å²) in [6.07, 6.45) is 0. The average Bonchev–Trinajstić information content (AvgIpc) is 2.26. The Morgan fingerprint density at radius 1 is 1.24 bits per heavy atom. The lowest BCUT2D eigenvalue weighted by atomic mass is 9.87. The summed E-state index contributed by atoms with van der Waals surface area (Å²) in [4.78, 5) is 0. The first-order valence-electron chi connectivity index (χ1n) is 5.90. The van der Waals surface area contributed by atoms with Gasteiger partial charge in [0.2, 0.25) is 0 Å². The van der Waals surface area contributed by atoms with Gasteiger partial charge in [0.25, 0.3) is 0 Å². The van der Waals surface area contributed by atoms with Crippen molar-refractivity contribution >= 4 is 0 Å². The van der Waals surface area contributed by atoms with Gasteiger partial charge in [-0.05, 0) is 30.0 Å². The summed E-state index contributed by atoms with van der Waals surface area (Å²) in [6, 6.07) is 7.94. The third kappa shape index (κ3) is 4.36. The molecule has 0 aromatic heterocycles. The predicted molar refractivity (Wildman–Crippen MR) is 70.3 cm³/mol. The molecule has 0 aliphatic carbocycles. The second kappa shape index (κ2) is 5.07. The smallest absolute Gasteiger partial charge is 0.119 e. The van der Waals surface area contributed by atoms with E-state index in [9.17, 15) is 5.11 Å². The zero-order valence-electron chi connectivity index (χ0n) is 11.2. The van der Waals surface area contributed by atoms with Gasteiger partial charge in [0.15, 0.2) is 0 Å². The highest BCUT2D eigenvalue weighted by molar-refractivity contribution is 5.32. The fourth-order valence-electron chi connectivity index (χ4n) is 1.35. The van der Waals surface area contributed by atoms with E-state index >= 15 is 0 Å². The Hall–Kier alpha value is -1.06. The highest BCUT2D eigenvalue weighted by atomic mass is 16.5. The number of rotatable bonds is 4. The van der Waals surface area contributed by atoms with Crippen molar-refractivity contribution in [2.75, 3.05) is 13.2 Å². The highest BCUT2D eigenvalue weighted by Crippen LogP contribution is 2.25. The van der Waals surface area contributed by atoms with Crippen LogP contribution in [0.3, 0.4) is 0 Å². The summed E-state index contributed by atoms with van der Waals surface area (Å²) in [6.45, 7) is 8.52. The quantitative estimate of drug-likeness (QED) is 0.843. The largest absolute Gasteiger partial charge is 0.491 e. The molecule has 0 spiro atoms. The summed E-state index contributed by atoms with van der Waals surface area (Å²) < 4.78 is 5.57. The molecule has 1 unspecified atom stereocenters. The maximum Gasteiger partial charge on any atom is 0.119 e. The zero-order chi connectivity index (χ0) is 13.1. The van der Waals surface area contributed by atoms with Gasteiger partial charge in [0.1, 0.15) is 18.0 Å². The Kier molecular flexibility index (Phi) is 4.17. The Bertz CT molecular complexity index is 367. The molecule has 3 nitrogen and oxygen atoms in total. The van der Waals surface area contributed by atoms with Crippen LogP contribution in [0.4, 0.5) is 0 Å². The van der Waals surface area contributed by atoms with Gasteiger partial charge in [-0.3, -0.25) is 0 Å². The van der Waals surface area contributed by atoms with Crippen LogP contribution in [-0.4, -0.2) is 23.9 Å². The standard InChI is InChI=1S/C14H23NO2/c1-13(2,3)11-6-5-7-12(8-11)17-10-14(4,16)9-15/h5-8,16H,9-10,15H2,1-4H3.